The summed E-state index contributed by atoms with van der Waals surface area (Å²) < 4.78 is 18.8. The highest BCUT2D eigenvalue weighted by molar-refractivity contribution is 5.94. The Labute approximate surface area is 172 Å². The number of hydrogen-bond donors (Lipinski definition) is 1. The molecule has 0 aliphatic carbocycles. The van der Waals surface area contributed by atoms with Gasteiger partial charge in [0.1, 0.15) is 0 Å². The van der Waals surface area contributed by atoms with Crippen LogP contribution in [-0.2, 0) is 11.8 Å². The van der Waals surface area contributed by atoms with Crippen LogP contribution < -0.4 is 14.8 Å². The van der Waals surface area contributed by atoms with Crippen LogP contribution in [0.15, 0.2) is 36.5 Å². The Kier molecular flexibility index (Phi) is 7.55. The summed E-state index contributed by atoms with van der Waals surface area (Å²) in [5, 5.41) is 3.10. The second-order valence-electron chi connectivity index (χ2n) is 6.95. The van der Waals surface area contributed by atoms with Crippen LogP contribution in [0.1, 0.15) is 35.9 Å². The molecule has 2 aromatic rings. The van der Waals surface area contributed by atoms with Gasteiger partial charge in [-0.1, -0.05) is 0 Å². The number of aryl methyl sites for hydroxylation is 1. The molecule has 7 nitrogen and oxygen atoms in total. The molecule has 1 amide bonds. The minimum atomic E-state index is -0.124. The van der Waals surface area contributed by atoms with E-state index in [1.54, 1.807) is 18.2 Å². The summed E-state index contributed by atoms with van der Waals surface area (Å²) >= 11 is 0. The zero-order chi connectivity index (χ0) is 20.6. The minimum absolute atomic E-state index is 0.0944. The Morgan fingerprint density at radius 2 is 1.86 bits per heavy atom. The third-order valence-corrected chi connectivity index (χ3v) is 5.07. The summed E-state index contributed by atoms with van der Waals surface area (Å²) in [7, 11) is 2.03. The van der Waals surface area contributed by atoms with E-state index in [0.717, 1.165) is 13.1 Å². The Morgan fingerprint density at radius 3 is 2.52 bits per heavy atom. The number of aromatic nitrogens is 1. The fourth-order valence-electron chi connectivity index (χ4n) is 3.61. The summed E-state index contributed by atoms with van der Waals surface area (Å²) in [5.41, 5.74) is 1.73. The van der Waals surface area contributed by atoms with Gasteiger partial charge in [-0.05, 0) is 44.2 Å². The van der Waals surface area contributed by atoms with Crippen molar-refractivity contribution in [3.8, 4) is 11.5 Å². The molecular weight excluding hydrogens is 370 g/mol. The van der Waals surface area contributed by atoms with Crippen molar-refractivity contribution >= 4 is 5.91 Å². The molecule has 0 radical (unpaired) electrons. The second kappa shape index (κ2) is 10.3. The van der Waals surface area contributed by atoms with E-state index in [1.165, 1.54) is 5.69 Å². The van der Waals surface area contributed by atoms with Crippen molar-refractivity contribution in [1.29, 1.82) is 0 Å². The number of carbonyl (C=O) groups is 1. The van der Waals surface area contributed by atoms with Crippen LogP contribution in [-0.4, -0.2) is 61.4 Å². The molecule has 1 aliphatic heterocycles. The molecule has 1 N–H and O–H groups in total. The number of hydrogen-bond acceptors (Lipinski definition) is 5. The van der Waals surface area contributed by atoms with Crippen molar-refractivity contribution in [3.05, 3.63) is 47.8 Å². The van der Waals surface area contributed by atoms with Gasteiger partial charge in [-0.15, -0.1) is 0 Å². The number of nitrogens with zero attached hydrogens (tertiary/aromatic N) is 2. The SMILES string of the molecule is CCOc1ccc(C(=O)NCC(c2cccn2C)N2CCOCC2)cc1OCC. The van der Waals surface area contributed by atoms with Gasteiger partial charge in [0.05, 0.1) is 32.5 Å². The summed E-state index contributed by atoms with van der Waals surface area (Å²) in [6, 6.07) is 9.55. The predicted molar refractivity (Wildman–Crippen MR) is 112 cm³/mol. The van der Waals surface area contributed by atoms with E-state index in [1.807, 2.05) is 33.2 Å². The lowest BCUT2D eigenvalue weighted by Gasteiger charge is -2.35. The van der Waals surface area contributed by atoms with E-state index in [4.69, 9.17) is 14.2 Å². The van der Waals surface area contributed by atoms with Crippen molar-refractivity contribution in [3.63, 3.8) is 0 Å². The third kappa shape index (κ3) is 5.31. The second-order valence-corrected chi connectivity index (χ2v) is 6.95. The molecule has 7 heteroatoms. The van der Waals surface area contributed by atoms with Crippen LogP contribution >= 0.6 is 0 Å². The molecule has 1 aromatic carbocycles. The van der Waals surface area contributed by atoms with Gasteiger partial charge in [-0.2, -0.15) is 0 Å². The molecule has 0 saturated carbocycles. The first kappa shape index (κ1) is 21.2. The highest BCUT2D eigenvalue weighted by Gasteiger charge is 2.25. The van der Waals surface area contributed by atoms with Gasteiger partial charge in [0, 0.05) is 44.1 Å². The quantitative estimate of drug-likeness (QED) is 0.700. The highest BCUT2D eigenvalue weighted by Crippen LogP contribution is 2.29. The first-order valence-corrected chi connectivity index (χ1v) is 10.2. The van der Waals surface area contributed by atoms with Crippen LogP contribution in [0.3, 0.4) is 0 Å². The molecule has 0 spiro atoms. The van der Waals surface area contributed by atoms with Gasteiger partial charge in [-0.3, -0.25) is 9.69 Å². The number of ether oxygens (including phenoxy) is 3. The predicted octanol–water partition coefficient (Wildman–Crippen LogP) is 2.63. The molecule has 158 valence electrons. The number of rotatable bonds is 9. The largest absolute Gasteiger partial charge is 0.490 e. The lowest BCUT2D eigenvalue weighted by molar-refractivity contribution is 0.0148. The van der Waals surface area contributed by atoms with Gasteiger partial charge in [0.25, 0.3) is 5.91 Å². The Bertz CT molecular complexity index is 799. The zero-order valence-electron chi connectivity index (χ0n) is 17.5. The van der Waals surface area contributed by atoms with E-state index < -0.39 is 0 Å². The lowest BCUT2D eigenvalue weighted by atomic mass is 10.1. The monoisotopic (exact) mass is 401 g/mol. The fourth-order valence-corrected chi connectivity index (χ4v) is 3.61. The molecule has 2 heterocycles. The molecule has 1 aliphatic rings. The molecule has 3 rings (SSSR count). The van der Waals surface area contributed by atoms with Crippen molar-refractivity contribution < 1.29 is 19.0 Å². The van der Waals surface area contributed by atoms with Gasteiger partial charge in [0.2, 0.25) is 0 Å². The molecule has 1 fully saturated rings. The smallest absolute Gasteiger partial charge is 0.251 e. The highest BCUT2D eigenvalue weighted by atomic mass is 16.5. The van der Waals surface area contributed by atoms with Crippen LogP contribution in [0.5, 0.6) is 11.5 Å². The van der Waals surface area contributed by atoms with E-state index >= 15 is 0 Å². The number of nitrogens with one attached hydrogen (secondary N) is 1. The molecule has 0 bridgehead atoms. The topological polar surface area (TPSA) is 65.0 Å². The maximum atomic E-state index is 12.9. The van der Waals surface area contributed by atoms with Crippen LogP contribution in [0.2, 0.25) is 0 Å². The molecule has 1 aromatic heterocycles. The first-order chi connectivity index (χ1) is 14.1. The zero-order valence-corrected chi connectivity index (χ0v) is 17.5. The third-order valence-electron chi connectivity index (χ3n) is 5.07. The Hall–Kier alpha value is -2.51. The lowest BCUT2D eigenvalue weighted by Crippen LogP contribution is -2.44. The summed E-state index contributed by atoms with van der Waals surface area (Å²) in [4.78, 5) is 15.2. The van der Waals surface area contributed by atoms with E-state index in [0.29, 0.717) is 50.0 Å². The van der Waals surface area contributed by atoms with Crippen LogP contribution in [0, 0.1) is 0 Å². The van der Waals surface area contributed by atoms with Crippen molar-refractivity contribution in [2.75, 3.05) is 46.1 Å². The number of carbonyl (C=O) groups excluding carboxylic acids is 1. The molecule has 29 heavy (non-hydrogen) atoms. The van der Waals surface area contributed by atoms with Gasteiger partial charge in [0.15, 0.2) is 11.5 Å². The van der Waals surface area contributed by atoms with Crippen molar-refractivity contribution in [2.45, 2.75) is 19.9 Å². The molecule has 1 unspecified atom stereocenters. The molecule has 1 atom stereocenters. The summed E-state index contributed by atoms with van der Waals surface area (Å²) in [5.74, 6) is 1.12. The van der Waals surface area contributed by atoms with E-state index in [-0.39, 0.29) is 11.9 Å². The summed E-state index contributed by atoms with van der Waals surface area (Å²) in [6.45, 7) is 8.54. The van der Waals surface area contributed by atoms with Gasteiger partial charge < -0.3 is 24.1 Å². The van der Waals surface area contributed by atoms with E-state index in [9.17, 15) is 4.79 Å². The Morgan fingerprint density at radius 1 is 1.14 bits per heavy atom. The first-order valence-electron chi connectivity index (χ1n) is 10.2. The fraction of sp³-hybridized carbons (Fsp3) is 0.500. The van der Waals surface area contributed by atoms with Crippen LogP contribution in [0.25, 0.3) is 0 Å². The number of benzene rings is 1. The van der Waals surface area contributed by atoms with E-state index in [2.05, 4.69) is 20.9 Å². The van der Waals surface area contributed by atoms with Crippen molar-refractivity contribution in [1.82, 2.24) is 14.8 Å². The number of morpholine rings is 1. The maximum Gasteiger partial charge on any atom is 0.251 e. The number of amides is 1. The molecular formula is C22H31N3O4. The van der Waals surface area contributed by atoms with Crippen molar-refractivity contribution in [2.24, 2.45) is 7.05 Å². The maximum absolute atomic E-state index is 12.9. The summed E-state index contributed by atoms with van der Waals surface area (Å²) in [6.07, 6.45) is 2.03. The Balaban J connectivity index is 1.72. The van der Waals surface area contributed by atoms with Gasteiger partial charge >= 0.3 is 0 Å². The average molecular weight is 402 g/mol. The van der Waals surface area contributed by atoms with Crippen LogP contribution in [0.4, 0.5) is 0 Å². The molecule has 1 saturated heterocycles. The average Bonchev–Trinajstić information content (AvgIpc) is 3.16. The normalized spacial score (nSPS) is 15.7. The van der Waals surface area contributed by atoms with Gasteiger partial charge in [-0.25, -0.2) is 0 Å². The minimum Gasteiger partial charge on any atom is -0.490 e. The standard InChI is InChI=1S/C22H31N3O4/c1-4-28-20-9-8-17(15-21(20)29-5-2)22(26)23-16-19(18-7-6-10-24(18)3)25-11-13-27-14-12-25/h6-10,15,19H,4-5,11-14,16H2,1-3H3,(H,23,26).